The Morgan fingerprint density at radius 3 is 2.28 bits per heavy atom. The zero-order valence-electron chi connectivity index (χ0n) is 25.7. The van der Waals surface area contributed by atoms with Gasteiger partial charge in [0, 0.05) is 23.1 Å². The number of hydrogen-bond donors (Lipinski definition) is 2. The Kier molecular flexibility index (Phi) is 9.46. The molecule has 1 heterocycles. The van der Waals surface area contributed by atoms with Crippen LogP contribution in [0, 0.1) is 6.92 Å². The van der Waals surface area contributed by atoms with Gasteiger partial charge in [0.1, 0.15) is 11.4 Å². The summed E-state index contributed by atoms with van der Waals surface area (Å²) < 4.78 is 49.0. The fraction of sp³-hybridized carbons (Fsp3) is 0.250. The van der Waals surface area contributed by atoms with E-state index in [2.05, 4.69) is 5.32 Å². The van der Waals surface area contributed by atoms with Crippen LogP contribution < -0.4 is 10.1 Å². The van der Waals surface area contributed by atoms with Crippen molar-refractivity contribution in [1.82, 2.24) is 15.1 Å². The van der Waals surface area contributed by atoms with Gasteiger partial charge in [0.25, 0.3) is 5.91 Å². The van der Waals surface area contributed by atoms with Crippen LogP contribution in [0.4, 0.5) is 13.2 Å². The van der Waals surface area contributed by atoms with E-state index in [1.54, 1.807) is 12.1 Å². The molecule has 238 valence electrons. The highest BCUT2D eigenvalue weighted by Gasteiger charge is 2.32. The SMILES string of the molecule is CCCC(c1ccc(C(=O)NCCC(=O)O)cc1)n1nc(-c2cc(C(F)(F)F)ccc2OC)c2cc(-c3ccc(C)cc3)ccc21. The number of nitrogens with zero attached hydrogens (tertiary/aromatic N) is 2. The summed E-state index contributed by atoms with van der Waals surface area (Å²) >= 11 is 0. The Morgan fingerprint density at radius 1 is 0.957 bits per heavy atom. The molecular formula is C36H34F3N3O4. The van der Waals surface area contributed by atoms with Gasteiger partial charge in [-0.15, -0.1) is 0 Å². The lowest BCUT2D eigenvalue weighted by Crippen LogP contribution is -2.26. The van der Waals surface area contributed by atoms with E-state index < -0.39 is 17.7 Å². The van der Waals surface area contributed by atoms with Gasteiger partial charge in [-0.25, -0.2) is 0 Å². The minimum atomic E-state index is -4.56. The molecule has 10 heteroatoms. The minimum absolute atomic E-state index is 0.0139. The van der Waals surface area contributed by atoms with Crippen LogP contribution in [0.2, 0.25) is 0 Å². The van der Waals surface area contributed by atoms with E-state index in [1.807, 2.05) is 73.1 Å². The average molecular weight is 630 g/mol. The maximum absolute atomic E-state index is 13.9. The maximum atomic E-state index is 13.9. The summed E-state index contributed by atoms with van der Waals surface area (Å²) in [6, 6.07) is 24.0. The normalized spacial score (nSPS) is 12.2. The molecule has 7 nitrogen and oxygen atoms in total. The number of carbonyl (C=O) groups is 2. The number of halogens is 3. The van der Waals surface area contributed by atoms with Crippen LogP contribution in [-0.4, -0.2) is 40.4 Å². The number of carbonyl (C=O) groups excluding carboxylic acids is 1. The van der Waals surface area contributed by atoms with Gasteiger partial charge < -0.3 is 15.2 Å². The van der Waals surface area contributed by atoms with Crippen LogP contribution >= 0.6 is 0 Å². The molecular weight excluding hydrogens is 595 g/mol. The van der Waals surface area contributed by atoms with Crippen molar-refractivity contribution in [2.24, 2.45) is 0 Å². The molecule has 0 radical (unpaired) electrons. The van der Waals surface area contributed by atoms with Gasteiger partial charge in [-0.05, 0) is 72.5 Å². The quantitative estimate of drug-likeness (QED) is 0.153. The lowest BCUT2D eigenvalue weighted by molar-refractivity contribution is -0.138. The zero-order chi connectivity index (χ0) is 33.0. The lowest BCUT2D eigenvalue weighted by atomic mass is 9.98. The Labute approximate surface area is 264 Å². The van der Waals surface area contributed by atoms with Crippen molar-refractivity contribution in [3.8, 4) is 28.1 Å². The Hall–Kier alpha value is -5.12. The van der Waals surface area contributed by atoms with Crippen molar-refractivity contribution in [2.45, 2.75) is 45.3 Å². The number of aliphatic carboxylic acids is 1. The summed E-state index contributed by atoms with van der Waals surface area (Å²) in [5.41, 5.74) is 4.73. The molecule has 0 saturated heterocycles. The highest BCUT2D eigenvalue weighted by Crippen LogP contribution is 2.41. The van der Waals surface area contributed by atoms with Crippen LogP contribution in [0.3, 0.4) is 0 Å². The first kappa shape index (κ1) is 32.3. The summed E-state index contributed by atoms with van der Waals surface area (Å²) in [7, 11) is 1.42. The van der Waals surface area contributed by atoms with Gasteiger partial charge in [0.2, 0.25) is 0 Å². The highest BCUT2D eigenvalue weighted by molar-refractivity contribution is 5.98. The first-order valence-electron chi connectivity index (χ1n) is 14.9. The largest absolute Gasteiger partial charge is 0.496 e. The molecule has 0 aliphatic carbocycles. The van der Waals surface area contributed by atoms with Crippen LogP contribution in [0.15, 0.2) is 84.9 Å². The topological polar surface area (TPSA) is 93.5 Å². The third-order valence-electron chi connectivity index (χ3n) is 7.91. The van der Waals surface area contributed by atoms with E-state index in [9.17, 15) is 22.8 Å². The highest BCUT2D eigenvalue weighted by atomic mass is 19.4. The molecule has 1 aromatic heterocycles. The molecule has 2 N–H and O–H groups in total. The van der Waals surface area contributed by atoms with Gasteiger partial charge in [-0.1, -0.05) is 61.4 Å². The molecule has 0 aliphatic heterocycles. The first-order chi connectivity index (χ1) is 22.0. The van der Waals surface area contributed by atoms with Crippen molar-refractivity contribution in [3.05, 3.63) is 107 Å². The second-order valence-electron chi connectivity index (χ2n) is 11.1. The van der Waals surface area contributed by atoms with E-state index in [0.717, 1.165) is 46.3 Å². The van der Waals surface area contributed by atoms with Gasteiger partial charge in [0.05, 0.1) is 30.7 Å². The summed E-state index contributed by atoms with van der Waals surface area (Å²) in [6.07, 6.45) is -3.29. The maximum Gasteiger partial charge on any atom is 0.416 e. The average Bonchev–Trinajstić information content (AvgIpc) is 3.41. The second kappa shape index (κ2) is 13.5. The Morgan fingerprint density at radius 2 is 1.65 bits per heavy atom. The van der Waals surface area contributed by atoms with Crippen molar-refractivity contribution in [3.63, 3.8) is 0 Å². The number of rotatable bonds is 11. The summed E-state index contributed by atoms with van der Waals surface area (Å²) in [5.74, 6) is -1.12. The molecule has 46 heavy (non-hydrogen) atoms. The molecule has 0 fully saturated rings. The van der Waals surface area contributed by atoms with Gasteiger partial charge in [-0.2, -0.15) is 18.3 Å². The van der Waals surface area contributed by atoms with E-state index in [4.69, 9.17) is 14.9 Å². The molecule has 0 saturated carbocycles. The number of fused-ring (bicyclic) bond motifs is 1. The van der Waals surface area contributed by atoms with Gasteiger partial charge >= 0.3 is 12.1 Å². The zero-order valence-corrected chi connectivity index (χ0v) is 25.7. The molecule has 0 spiro atoms. The minimum Gasteiger partial charge on any atom is -0.496 e. The van der Waals surface area contributed by atoms with Crippen LogP contribution in [0.1, 0.15) is 59.3 Å². The fourth-order valence-electron chi connectivity index (χ4n) is 5.52. The number of alkyl halides is 3. The van der Waals surface area contributed by atoms with E-state index in [-0.39, 0.29) is 36.2 Å². The fourth-order valence-corrected chi connectivity index (χ4v) is 5.52. The molecule has 1 atom stereocenters. The number of hydrogen-bond acceptors (Lipinski definition) is 4. The van der Waals surface area contributed by atoms with Crippen LogP contribution in [0.25, 0.3) is 33.3 Å². The molecule has 0 bridgehead atoms. The molecule has 1 amide bonds. The number of ether oxygens (including phenoxy) is 1. The van der Waals surface area contributed by atoms with E-state index in [0.29, 0.717) is 23.1 Å². The molecule has 1 unspecified atom stereocenters. The summed E-state index contributed by atoms with van der Waals surface area (Å²) in [5, 5.41) is 17.1. The Bertz CT molecular complexity index is 1860. The van der Waals surface area contributed by atoms with E-state index in [1.165, 1.54) is 13.2 Å². The van der Waals surface area contributed by atoms with Gasteiger partial charge in [0.15, 0.2) is 0 Å². The number of carboxylic acid groups (broad SMARTS) is 1. The standard InChI is InChI=1S/C36H34F3N3O4/c1-4-5-30(24-10-12-25(13-11-24)35(45)40-19-18-33(43)44)42-31-16-14-26(23-8-6-22(2)7-9-23)20-28(31)34(41-42)29-21-27(36(37,38)39)15-17-32(29)46-3/h6-17,20-21,30H,4-5,18-19H2,1-3H3,(H,40,45)(H,43,44). The number of carboxylic acids is 1. The number of nitrogens with one attached hydrogen (secondary N) is 1. The van der Waals surface area contributed by atoms with Gasteiger partial charge in [-0.3, -0.25) is 14.3 Å². The number of benzene rings is 4. The predicted octanol–water partition coefficient (Wildman–Crippen LogP) is 8.30. The first-order valence-corrected chi connectivity index (χ1v) is 14.9. The molecule has 5 aromatic rings. The van der Waals surface area contributed by atoms with E-state index >= 15 is 0 Å². The third kappa shape index (κ3) is 6.91. The summed E-state index contributed by atoms with van der Waals surface area (Å²) in [6.45, 7) is 4.05. The Balaban J connectivity index is 1.65. The van der Waals surface area contributed by atoms with Crippen LogP contribution in [-0.2, 0) is 11.0 Å². The van der Waals surface area contributed by atoms with Crippen molar-refractivity contribution >= 4 is 22.8 Å². The molecule has 4 aromatic carbocycles. The summed E-state index contributed by atoms with van der Waals surface area (Å²) in [4.78, 5) is 23.4. The molecule has 0 aliphatic rings. The number of amides is 1. The number of aromatic nitrogens is 2. The number of aryl methyl sites for hydroxylation is 1. The molecule has 5 rings (SSSR count). The third-order valence-corrected chi connectivity index (χ3v) is 7.91. The van der Waals surface area contributed by atoms with Crippen molar-refractivity contribution in [2.75, 3.05) is 13.7 Å². The number of methoxy groups -OCH3 is 1. The smallest absolute Gasteiger partial charge is 0.416 e. The van der Waals surface area contributed by atoms with Crippen molar-refractivity contribution in [1.29, 1.82) is 0 Å². The predicted molar refractivity (Wildman–Crippen MR) is 171 cm³/mol. The second-order valence-corrected chi connectivity index (χ2v) is 11.1. The lowest BCUT2D eigenvalue weighted by Gasteiger charge is -2.19. The van der Waals surface area contributed by atoms with Crippen LogP contribution in [0.5, 0.6) is 5.75 Å². The monoisotopic (exact) mass is 629 g/mol. The van der Waals surface area contributed by atoms with Crippen molar-refractivity contribution < 1.29 is 32.6 Å².